The number of hydrogen-bond acceptors (Lipinski definition) is 5. The van der Waals surface area contributed by atoms with Gasteiger partial charge in [-0.25, -0.2) is 0 Å². The molecule has 6 heteroatoms. The number of hydrogen-bond donors (Lipinski definition) is 0. The monoisotopic (exact) mass is 510 g/mol. The minimum Gasteiger partial charge on any atom is -0.379 e. The minimum absolute atomic E-state index is 0.595. The van der Waals surface area contributed by atoms with Crippen LogP contribution < -0.4 is 0 Å². The molecule has 0 saturated carbocycles. The molecule has 5 nitrogen and oxygen atoms in total. The van der Waals surface area contributed by atoms with E-state index in [-0.39, 0.29) is 0 Å². The lowest BCUT2D eigenvalue weighted by Gasteiger charge is -2.08. The van der Waals surface area contributed by atoms with Gasteiger partial charge in [0.05, 0.1) is 59.5 Å². The molecule has 31 heavy (non-hydrogen) atoms. The molecular weight excluding hydrogens is 460 g/mol. The van der Waals surface area contributed by atoms with Crippen molar-refractivity contribution in [1.82, 2.24) is 0 Å². The third-order valence-electron chi connectivity index (χ3n) is 5.10. The summed E-state index contributed by atoms with van der Waals surface area (Å²) in [6.45, 7) is 8.82. The Morgan fingerprint density at radius 3 is 1.00 bits per heavy atom. The lowest BCUT2D eigenvalue weighted by molar-refractivity contribution is -0.0102. The van der Waals surface area contributed by atoms with E-state index in [9.17, 15) is 0 Å². The van der Waals surface area contributed by atoms with E-state index >= 15 is 0 Å². The molecule has 0 aromatic rings. The van der Waals surface area contributed by atoms with Gasteiger partial charge in [-0.05, 0) is 6.42 Å². The zero-order chi connectivity index (χ0) is 22.5. The van der Waals surface area contributed by atoms with Gasteiger partial charge in [-0.2, -0.15) is 0 Å². The summed E-state index contributed by atoms with van der Waals surface area (Å²) in [6.07, 6.45) is 18.0. The summed E-state index contributed by atoms with van der Waals surface area (Å²) < 4.78 is 27.3. The van der Waals surface area contributed by atoms with Crippen LogP contribution >= 0.6 is 15.9 Å². The highest BCUT2D eigenvalue weighted by Crippen LogP contribution is 2.12. The van der Waals surface area contributed by atoms with Crippen molar-refractivity contribution in [3.63, 3.8) is 0 Å². The third-order valence-corrected chi connectivity index (χ3v) is 5.43. The number of halogens is 1. The molecule has 0 fully saturated rings. The van der Waals surface area contributed by atoms with Crippen molar-refractivity contribution < 1.29 is 23.7 Å². The number of alkyl halides is 1. The molecule has 0 bridgehead atoms. The maximum Gasteiger partial charge on any atom is 0.0701 e. The zero-order valence-corrected chi connectivity index (χ0v) is 22.0. The van der Waals surface area contributed by atoms with Crippen molar-refractivity contribution in [1.29, 1.82) is 0 Å². The molecule has 0 amide bonds. The average Bonchev–Trinajstić information content (AvgIpc) is 2.78. The molecule has 0 aromatic carbocycles. The molecule has 0 atom stereocenters. The summed E-state index contributed by atoms with van der Waals surface area (Å²) in [5, 5.41) is 0.862. The Hall–Kier alpha value is 0.280. The van der Waals surface area contributed by atoms with E-state index in [1.807, 2.05) is 0 Å². The predicted molar refractivity (Wildman–Crippen MR) is 134 cm³/mol. The molecule has 0 heterocycles. The molecule has 0 radical (unpaired) electrons. The van der Waals surface area contributed by atoms with Crippen LogP contribution in [0.1, 0.15) is 90.4 Å². The van der Waals surface area contributed by atoms with Gasteiger partial charge in [-0.1, -0.05) is 99.9 Å². The smallest absolute Gasteiger partial charge is 0.0701 e. The van der Waals surface area contributed by atoms with Crippen molar-refractivity contribution in [2.75, 3.05) is 71.4 Å². The normalized spacial score (nSPS) is 11.4. The topological polar surface area (TPSA) is 46.2 Å². The Morgan fingerprint density at radius 2 is 0.645 bits per heavy atom. The molecular formula is C25H51BrO5. The van der Waals surface area contributed by atoms with Crippen LogP contribution in [-0.4, -0.2) is 71.4 Å². The number of unbranched alkanes of at least 4 members (excludes halogenated alkanes) is 12. The van der Waals surface area contributed by atoms with E-state index in [0.717, 1.165) is 18.5 Å². The van der Waals surface area contributed by atoms with Crippen molar-refractivity contribution in [2.24, 2.45) is 0 Å². The van der Waals surface area contributed by atoms with Crippen LogP contribution in [0, 0.1) is 0 Å². The van der Waals surface area contributed by atoms with Crippen LogP contribution in [0.4, 0.5) is 0 Å². The van der Waals surface area contributed by atoms with Crippen LogP contribution in [0.2, 0.25) is 0 Å². The van der Waals surface area contributed by atoms with Crippen molar-refractivity contribution in [2.45, 2.75) is 90.4 Å². The zero-order valence-electron chi connectivity index (χ0n) is 20.4. The Labute approximate surface area is 201 Å². The standard InChI is InChI=1S/C25H51BrO5/c1-2-3-4-5-6-7-8-9-10-11-12-13-14-16-27-18-20-29-22-24-31-25-23-30-21-19-28-17-15-26/h2-25H2,1H3. The van der Waals surface area contributed by atoms with Gasteiger partial charge in [0.1, 0.15) is 0 Å². The van der Waals surface area contributed by atoms with E-state index in [0.29, 0.717) is 52.9 Å². The second-order valence-corrected chi connectivity index (χ2v) is 8.79. The Kier molecular flexibility index (Phi) is 30.6. The van der Waals surface area contributed by atoms with E-state index in [1.54, 1.807) is 0 Å². The molecule has 0 aliphatic rings. The fourth-order valence-corrected chi connectivity index (χ4v) is 3.49. The predicted octanol–water partition coefficient (Wildman–Crippen LogP) is 6.56. The molecule has 188 valence electrons. The van der Waals surface area contributed by atoms with Crippen LogP contribution in [-0.2, 0) is 23.7 Å². The van der Waals surface area contributed by atoms with Crippen molar-refractivity contribution in [3.05, 3.63) is 0 Å². The van der Waals surface area contributed by atoms with E-state index < -0.39 is 0 Å². The molecule has 0 aliphatic carbocycles. The van der Waals surface area contributed by atoms with Crippen LogP contribution in [0.25, 0.3) is 0 Å². The molecule has 0 N–H and O–H groups in total. The number of rotatable bonds is 28. The van der Waals surface area contributed by atoms with E-state index in [2.05, 4.69) is 22.9 Å². The highest BCUT2D eigenvalue weighted by atomic mass is 79.9. The summed E-state index contributed by atoms with van der Waals surface area (Å²) >= 11 is 3.31. The van der Waals surface area contributed by atoms with Gasteiger partial charge in [0.15, 0.2) is 0 Å². The maximum atomic E-state index is 5.63. The van der Waals surface area contributed by atoms with Gasteiger partial charge < -0.3 is 23.7 Å². The van der Waals surface area contributed by atoms with Gasteiger partial charge >= 0.3 is 0 Å². The highest BCUT2D eigenvalue weighted by molar-refractivity contribution is 9.09. The minimum atomic E-state index is 0.595. The summed E-state index contributed by atoms with van der Waals surface area (Å²) in [7, 11) is 0. The Balaban J connectivity index is 2.98. The number of ether oxygens (including phenoxy) is 5. The van der Waals surface area contributed by atoms with Crippen LogP contribution in [0.3, 0.4) is 0 Å². The lowest BCUT2D eigenvalue weighted by atomic mass is 10.0. The second-order valence-electron chi connectivity index (χ2n) is 7.99. The molecule has 0 aliphatic heterocycles. The molecule has 0 saturated heterocycles. The summed E-state index contributed by atoms with van der Waals surface area (Å²) in [6, 6.07) is 0. The Morgan fingerprint density at radius 1 is 0.355 bits per heavy atom. The molecule has 0 rings (SSSR count). The van der Waals surface area contributed by atoms with Crippen molar-refractivity contribution >= 4 is 15.9 Å². The fourth-order valence-electron chi connectivity index (χ4n) is 3.26. The first-order chi connectivity index (χ1) is 15.4. The fraction of sp³-hybridized carbons (Fsp3) is 1.00. The van der Waals surface area contributed by atoms with Gasteiger partial charge in [-0.15, -0.1) is 0 Å². The summed E-state index contributed by atoms with van der Waals surface area (Å²) in [5.41, 5.74) is 0. The van der Waals surface area contributed by atoms with Gasteiger partial charge in [0, 0.05) is 11.9 Å². The van der Waals surface area contributed by atoms with E-state index in [1.165, 1.54) is 83.5 Å². The third kappa shape index (κ3) is 30.3. The summed E-state index contributed by atoms with van der Waals surface area (Å²) in [5.74, 6) is 0. The van der Waals surface area contributed by atoms with Gasteiger partial charge in [0.25, 0.3) is 0 Å². The van der Waals surface area contributed by atoms with E-state index in [4.69, 9.17) is 23.7 Å². The lowest BCUT2D eigenvalue weighted by Crippen LogP contribution is -2.13. The Bertz CT molecular complexity index is 280. The maximum absolute atomic E-state index is 5.63. The quantitative estimate of drug-likeness (QED) is 0.0880. The average molecular weight is 512 g/mol. The first-order valence-corrected chi connectivity index (χ1v) is 14.0. The molecule has 0 aromatic heterocycles. The largest absolute Gasteiger partial charge is 0.379 e. The SMILES string of the molecule is CCCCCCCCCCCCCCCOCCOCCOCCOCCOCCBr. The molecule has 0 spiro atoms. The van der Waals surface area contributed by atoms with Crippen LogP contribution in [0.5, 0.6) is 0 Å². The highest BCUT2D eigenvalue weighted by Gasteiger charge is 1.95. The summed E-state index contributed by atoms with van der Waals surface area (Å²) in [4.78, 5) is 0. The van der Waals surface area contributed by atoms with Gasteiger partial charge in [-0.3, -0.25) is 0 Å². The van der Waals surface area contributed by atoms with Gasteiger partial charge in [0.2, 0.25) is 0 Å². The first kappa shape index (κ1) is 31.3. The second kappa shape index (κ2) is 30.3. The molecule has 0 unspecified atom stereocenters. The van der Waals surface area contributed by atoms with Crippen LogP contribution in [0.15, 0.2) is 0 Å². The first-order valence-electron chi connectivity index (χ1n) is 12.9. The van der Waals surface area contributed by atoms with Crippen molar-refractivity contribution in [3.8, 4) is 0 Å².